The van der Waals surface area contributed by atoms with Crippen molar-refractivity contribution in [1.29, 1.82) is 0 Å². The Morgan fingerprint density at radius 3 is 0.667 bits per heavy atom. The molecule has 0 aromatic heterocycles. The van der Waals surface area contributed by atoms with Gasteiger partial charge in [0.25, 0.3) is 0 Å². The van der Waals surface area contributed by atoms with Gasteiger partial charge in [-0.2, -0.15) is 0 Å². The molecule has 0 bridgehead atoms. The van der Waals surface area contributed by atoms with Crippen LogP contribution < -0.4 is 18.9 Å². The molecule has 0 aromatic carbocycles. The molecule has 0 fully saturated rings. The molecule has 0 aliphatic carbocycles. The zero-order chi connectivity index (χ0) is 0. The van der Waals surface area contributed by atoms with Crippen LogP contribution in [-0.2, 0) is 16.4 Å². The van der Waals surface area contributed by atoms with Gasteiger partial charge in [-0.05, 0) is 0 Å². The summed E-state index contributed by atoms with van der Waals surface area (Å²) in [6.45, 7) is 0. The van der Waals surface area contributed by atoms with Gasteiger partial charge >= 0.3 is 36.2 Å². The molecule has 0 unspecified atom stereocenters. The van der Waals surface area contributed by atoms with Crippen molar-refractivity contribution < 1.29 is 35.3 Å². The Balaban J connectivity index is 0. The maximum Gasteiger partial charge on any atom is 3.00 e. The molecule has 6 heteroatoms. The maximum atomic E-state index is 0. The van der Waals surface area contributed by atoms with Crippen LogP contribution in [-0.4, -0.2) is 35.0 Å². The van der Waals surface area contributed by atoms with Gasteiger partial charge in [-0.1, -0.05) is 0 Å². The van der Waals surface area contributed by atoms with Gasteiger partial charge < -0.3 is 16.4 Å². The van der Waals surface area contributed by atoms with E-state index in [9.17, 15) is 0 Å². The van der Waals surface area contributed by atoms with Crippen LogP contribution in [0.1, 0.15) is 0 Å². The van der Waals surface area contributed by atoms with Gasteiger partial charge in [0.15, 0.2) is 0 Å². The largest absolute Gasteiger partial charge is 3.00 e. The minimum atomic E-state index is 0. The minimum absolute atomic E-state index is 0. The van der Waals surface area contributed by atoms with Crippen LogP contribution in [0.15, 0.2) is 0 Å². The molecule has 0 amide bonds. The third-order valence-electron chi connectivity index (χ3n) is 0. The average Bonchev–Trinajstić information content (AvgIpc) is 0. The second-order valence-corrected chi connectivity index (χ2v) is 0. The van der Waals surface area contributed by atoms with Crippen LogP contribution in [0.5, 0.6) is 0 Å². The van der Waals surface area contributed by atoms with Crippen molar-refractivity contribution >= 4 is 35.0 Å². The summed E-state index contributed by atoms with van der Waals surface area (Å²) in [6.07, 6.45) is 0. The summed E-state index contributed by atoms with van der Waals surface area (Å²) in [5.74, 6) is 0. The van der Waals surface area contributed by atoms with E-state index in [2.05, 4.69) is 0 Å². The monoisotopic (exact) mass is 156 g/mol. The first kappa shape index (κ1) is 135. The van der Waals surface area contributed by atoms with Crippen LogP contribution in [0.4, 0.5) is 0 Å². The number of hydrogen-bond donors (Lipinski definition) is 0. The quantitative estimate of drug-likeness (QED) is 0.318. The molecule has 4 radical (unpaired) electrons. The van der Waals surface area contributed by atoms with Crippen LogP contribution in [0.25, 0.3) is 0 Å². The van der Waals surface area contributed by atoms with Crippen molar-refractivity contribution in [3.8, 4) is 0 Å². The van der Waals surface area contributed by atoms with Gasteiger partial charge in [-0.25, -0.2) is 0 Å². The Kier molecular flexibility index (Phi) is 1880. The predicted molar refractivity (Wildman–Crippen MR) is 13.6 cm³/mol. The summed E-state index contributed by atoms with van der Waals surface area (Å²) < 4.78 is 0. The van der Waals surface area contributed by atoms with E-state index in [0.29, 0.717) is 0 Å². The summed E-state index contributed by atoms with van der Waals surface area (Å²) in [7, 11) is 0. The molecule has 0 aromatic rings. The van der Waals surface area contributed by atoms with E-state index in [1.54, 1.807) is 0 Å². The van der Waals surface area contributed by atoms with E-state index in [1.165, 1.54) is 0 Å². The Hall–Kier alpha value is 1.55. The topological polar surface area (TPSA) is 85.5 Å². The van der Waals surface area contributed by atoms with Crippen LogP contribution >= 0.6 is 0 Å². The molecule has 0 saturated carbocycles. The maximum absolute atomic E-state index is 0. The zero-order valence-electron chi connectivity index (χ0n) is 3.30. The van der Waals surface area contributed by atoms with Crippen LogP contribution in [0.2, 0.25) is 0 Å². The van der Waals surface area contributed by atoms with Crippen LogP contribution in [0, 0.1) is 0 Å². The summed E-state index contributed by atoms with van der Waals surface area (Å²) in [5, 5.41) is 0. The summed E-state index contributed by atoms with van der Waals surface area (Å²) in [5.41, 5.74) is 0. The van der Waals surface area contributed by atoms with E-state index in [1.807, 2.05) is 0 Å². The third-order valence-corrected chi connectivity index (χ3v) is 0. The fourth-order valence-electron chi connectivity index (χ4n) is 0. The first-order valence-electron chi connectivity index (χ1n) is 0. The molecule has 0 saturated heterocycles. The van der Waals surface area contributed by atoms with Gasteiger partial charge in [0, 0.05) is 17.6 Å². The normalized spacial score (nSPS) is 0. The molecule has 0 atom stereocenters. The first-order chi connectivity index (χ1) is 0. The predicted octanol–water partition coefficient (Wildman–Crippen LogP) is -4.11. The molecule has 0 N–H and O–H groups in total. The molecular formula is AlGeLiO3-2. The minimum Gasteiger partial charge on any atom is -2.00 e. The van der Waals surface area contributed by atoms with Crippen LogP contribution in [0.3, 0.4) is 0 Å². The first-order valence-corrected chi connectivity index (χ1v) is 0. The molecule has 0 aliphatic heterocycles. The second-order valence-electron chi connectivity index (χ2n) is 0. The van der Waals surface area contributed by atoms with E-state index in [4.69, 9.17) is 0 Å². The smallest absolute Gasteiger partial charge is 2.00 e. The Labute approximate surface area is 70.1 Å². The van der Waals surface area contributed by atoms with Crippen molar-refractivity contribution in [1.82, 2.24) is 0 Å². The van der Waals surface area contributed by atoms with Crippen molar-refractivity contribution in [2.45, 2.75) is 0 Å². The Morgan fingerprint density at radius 2 is 0.667 bits per heavy atom. The van der Waals surface area contributed by atoms with Gasteiger partial charge in [-0.15, -0.1) is 0 Å². The molecule has 0 heterocycles. The molecule has 28 valence electrons. The van der Waals surface area contributed by atoms with Crippen molar-refractivity contribution in [2.75, 3.05) is 0 Å². The molecule has 6 heavy (non-hydrogen) atoms. The molecule has 3 nitrogen and oxygen atoms in total. The summed E-state index contributed by atoms with van der Waals surface area (Å²) in [6, 6.07) is 0. The molecule has 0 aliphatic rings. The summed E-state index contributed by atoms with van der Waals surface area (Å²) in [4.78, 5) is 0. The van der Waals surface area contributed by atoms with Gasteiger partial charge in [0.2, 0.25) is 0 Å². The number of rotatable bonds is 0. The molecular weight excluding hydrogens is 155 g/mol. The second kappa shape index (κ2) is 83.8. The Bertz CT molecular complexity index is 10.8. The fraction of sp³-hybridized carbons (Fsp3) is 0. The molecule has 0 rings (SSSR count). The third kappa shape index (κ3) is 47.7. The van der Waals surface area contributed by atoms with Gasteiger partial charge in [0.1, 0.15) is 0 Å². The Morgan fingerprint density at radius 1 is 0.667 bits per heavy atom. The van der Waals surface area contributed by atoms with Crippen molar-refractivity contribution in [2.24, 2.45) is 0 Å². The van der Waals surface area contributed by atoms with E-state index < -0.39 is 0 Å². The van der Waals surface area contributed by atoms with E-state index >= 15 is 0 Å². The van der Waals surface area contributed by atoms with E-state index in [-0.39, 0.29) is 70.2 Å². The van der Waals surface area contributed by atoms with Crippen molar-refractivity contribution in [3.05, 3.63) is 0 Å². The number of hydrogen-bond acceptors (Lipinski definition) is 0. The fourth-order valence-corrected chi connectivity index (χ4v) is 0. The molecule has 0 spiro atoms. The SMILES string of the molecule is [Al+3].[Ge].[Li+].[O-2].[O-2].[O-2]. The van der Waals surface area contributed by atoms with E-state index in [0.717, 1.165) is 0 Å². The zero-order valence-corrected chi connectivity index (χ0v) is 6.55. The summed E-state index contributed by atoms with van der Waals surface area (Å²) >= 11 is 0. The van der Waals surface area contributed by atoms with Gasteiger partial charge in [0.05, 0.1) is 0 Å². The average molecular weight is 155 g/mol. The standard InChI is InChI=1S/Al.Ge.Li.3O/q+3;;+1;3*-2. The van der Waals surface area contributed by atoms with Gasteiger partial charge in [-0.3, -0.25) is 0 Å². The van der Waals surface area contributed by atoms with Crippen molar-refractivity contribution in [3.63, 3.8) is 0 Å².